The number of hydrogen-bond acceptors (Lipinski definition) is 5. The Hall–Kier alpha value is -2.74. The number of ketones is 1. The van der Waals surface area contributed by atoms with Crippen molar-refractivity contribution in [2.24, 2.45) is 11.3 Å². The Labute approximate surface area is 188 Å². The Morgan fingerprint density at radius 1 is 1.16 bits per heavy atom. The van der Waals surface area contributed by atoms with Gasteiger partial charge in [-0.25, -0.2) is 0 Å². The quantitative estimate of drug-likeness (QED) is 0.728. The van der Waals surface area contributed by atoms with Crippen LogP contribution in [0.5, 0.6) is 0 Å². The van der Waals surface area contributed by atoms with Gasteiger partial charge in [-0.05, 0) is 42.5 Å². The number of anilines is 1. The number of benzene rings is 1. The van der Waals surface area contributed by atoms with Crippen molar-refractivity contribution in [3.8, 4) is 0 Å². The summed E-state index contributed by atoms with van der Waals surface area (Å²) in [4.78, 5) is 52.2. The van der Waals surface area contributed by atoms with Crippen molar-refractivity contribution in [1.29, 1.82) is 0 Å². The summed E-state index contributed by atoms with van der Waals surface area (Å²) in [6, 6.07) is 5.30. The lowest BCUT2D eigenvalue weighted by atomic mass is 9.79. The van der Waals surface area contributed by atoms with Crippen molar-refractivity contribution in [2.45, 2.75) is 64.6 Å². The van der Waals surface area contributed by atoms with E-state index in [4.69, 9.17) is 4.74 Å². The van der Waals surface area contributed by atoms with Crippen molar-refractivity contribution >= 4 is 29.2 Å². The van der Waals surface area contributed by atoms with Gasteiger partial charge in [-0.1, -0.05) is 26.7 Å². The third-order valence-electron chi connectivity index (χ3n) is 7.16. The van der Waals surface area contributed by atoms with Crippen LogP contribution in [0.2, 0.25) is 0 Å². The van der Waals surface area contributed by atoms with Gasteiger partial charge >= 0.3 is 0 Å². The van der Waals surface area contributed by atoms with E-state index in [1.807, 2.05) is 13.8 Å². The summed E-state index contributed by atoms with van der Waals surface area (Å²) < 4.78 is 5.64. The van der Waals surface area contributed by atoms with E-state index in [2.05, 4.69) is 10.6 Å². The maximum Gasteiger partial charge on any atom is 0.251 e. The third kappa shape index (κ3) is 4.16. The Bertz CT molecular complexity index is 922. The highest BCUT2D eigenvalue weighted by molar-refractivity contribution is 6.00. The highest BCUT2D eigenvalue weighted by atomic mass is 16.5. The standard InChI is InChI=1S/C24H31N3O5/c1-14-12-27(19-18(29)13-32-20(14)19)23(31)21(24(3)10-4-5-11-24)26-22(30)16-6-8-17(9-7-16)25-15(2)28/h6-9,14,19-21H,4-5,10-13H2,1-3H3,(H,25,28)(H,26,30)/t14-,19-,20-,21-/m1/s1. The fourth-order valence-electron chi connectivity index (χ4n) is 5.41. The van der Waals surface area contributed by atoms with Crippen molar-refractivity contribution in [3.05, 3.63) is 29.8 Å². The number of nitrogens with one attached hydrogen (secondary N) is 2. The summed E-state index contributed by atoms with van der Waals surface area (Å²) in [5.74, 6) is -0.725. The van der Waals surface area contributed by atoms with Crippen LogP contribution in [0.1, 0.15) is 56.8 Å². The van der Waals surface area contributed by atoms with Gasteiger partial charge in [-0.3, -0.25) is 19.2 Å². The predicted molar refractivity (Wildman–Crippen MR) is 118 cm³/mol. The number of likely N-dealkylation sites (tertiary alicyclic amines) is 1. The lowest BCUT2D eigenvalue weighted by molar-refractivity contribution is -0.140. The molecule has 0 spiro atoms. The van der Waals surface area contributed by atoms with Crippen LogP contribution in [-0.2, 0) is 19.1 Å². The van der Waals surface area contributed by atoms with Crippen LogP contribution in [0, 0.1) is 11.3 Å². The largest absolute Gasteiger partial charge is 0.367 e. The number of ether oxygens (including phenoxy) is 1. The number of Topliss-reactive ketones (excluding diaryl/α,β-unsaturated/α-hetero) is 1. The monoisotopic (exact) mass is 441 g/mol. The summed E-state index contributed by atoms with van der Waals surface area (Å²) >= 11 is 0. The van der Waals surface area contributed by atoms with Crippen LogP contribution >= 0.6 is 0 Å². The minimum Gasteiger partial charge on any atom is -0.367 e. The zero-order valence-corrected chi connectivity index (χ0v) is 18.8. The third-order valence-corrected chi connectivity index (χ3v) is 7.16. The van der Waals surface area contributed by atoms with Gasteiger partial charge in [0.1, 0.15) is 18.7 Å². The lowest BCUT2D eigenvalue weighted by Gasteiger charge is -2.37. The van der Waals surface area contributed by atoms with Crippen LogP contribution in [0.15, 0.2) is 24.3 Å². The van der Waals surface area contributed by atoms with Gasteiger partial charge in [-0.2, -0.15) is 0 Å². The maximum absolute atomic E-state index is 13.8. The molecule has 2 saturated heterocycles. The Morgan fingerprint density at radius 3 is 2.44 bits per heavy atom. The van der Waals surface area contributed by atoms with E-state index in [1.54, 1.807) is 29.2 Å². The Balaban J connectivity index is 1.56. The first kappa shape index (κ1) is 22.5. The summed E-state index contributed by atoms with van der Waals surface area (Å²) in [7, 11) is 0. The molecular weight excluding hydrogens is 410 g/mol. The van der Waals surface area contributed by atoms with Gasteiger partial charge in [-0.15, -0.1) is 0 Å². The molecule has 8 heteroatoms. The van der Waals surface area contributed by atoms with E-state index in [-0.39, 0.29) is 47.5 Å². The van der Waals surface area contributed by atoms with Gasteiger partial charge in [0.05, 0.1) is 6.10 Å². The number of carbonyl (C=O) groups is 4. The zero-order chi connectivity index (χ0) is 23.0. The first-order valence-corrected chi connectivity index (χ1v) is 11.3. The van der Waals surface area contributed by atoms with E-state index >= 15 is 0 Å². The van der Waals surface area contributed by atoms with Crippen LogP contribution in [0.3, 0.4) is 0 Å². The maximum atomic E-state index is 13.8. The van der Waals surface area contributed by atoms with Gasteiger partial charge < -0.3 is 20.3 Å². The molecule has 0 aromatic heterocycles. The number of hydrogen-bond donors (Lipinski definition) is 2. The number of fused-ring (bicyclic) bond motifs is 1. The van der Waals surface area contributed by atoms with Crippen LogP contribution < -0.4 is 10.6 Å². The summed E-state index contributed by atoms with van der Waals surface area (Å²) in [5, 5.41) is 5.66. The van der Waals surface area contributed by atoms with Crippen molar-refractivity contribution < 1.29 is 23.9 Å². The second-order valence-corrected chi connectivity index (χ2v) is 9.68. The highest BCUT2D eigenvalue weighted by Crippen LogP contribution is 2.42. The van der Waals surface area contributed by atoms with Gasteiger partial charge in [0, 0.05) is 30.6 Å². The van der Waals surface area contributed by atoms with Gasteiger partial charge in [0.2, 0.25) is 11.8 Å². The summed E-state index contributed by atoms with van der Waals surface area (Å²) in [6.07, 6.45) is 3.43. The van der Waals surface area contributed by atoms with Gasteiger partial charge in [0.25, 0.3) is 5.91 Å². The van der Waals surface area contributed by atoms with Crippen molar-refractivity contribution in [1.82, 2.24) is 10.2 Å². The molecule has 2 heterocycles. The smallest absolute Gasteiger partial charge is 0.251 e. The van der Waals surface area contributed by atoms with Crippen molar-refractivity contribution in [3.63, 3.8) is 0 Å². The van der Waals surface area contributed by atoms with E-state index in [0.717, 1.165) is 25.7 Å². The minimum absolute atomic E-state index is 0.0401. The lowest BCUT2D eigenvalue weighted by Crippen LogP contribution is -2.57. The number of amides is 3. The average molecular weight is 442 g/mol. The first-order chi connectivity index (χ1) is 15.2. The number of nitrogens with zero attached hydrogens (tertiary/aromatic N) is 1. The fraction of sp³-hybridized carbons (Fsp3) is 0.583. The molecule has 3 fully saturated rings. The molecule has 3 aliphatic rings. The van der Waals surface area contributed by atoms with Crippen LogP contribution in [0.4, 0.5) is 5.69 Å². The SMILES string of the molecule is CC(=O)Nc1ccc(C(=O)N[C@H](C(=O)N2C[C@@H](C)[C@H]3OCC(=O)[C@H]32)C2(C)CCCC2)cc1. The predicted octanol–water partition coefficient (Wildman–Crippen LogP) is 2.14. The molecule has 1 aromatic rings. The molecule has 172 valence electrons. The van der Waals surface area contributed by atoms with Crippen LogP contribution in [0.25, 0.3) is 0 Å². The van der Waals surface area contributed by atoms with E-state index < -0.39 is 12.1 Å². The van der Waals surface area contributed by atoms with E-state index in [0.29, 0.717) is 17.8 Å². The molecule has 0 bridgehead atoms. The molecule has 2 aliphatic heterocycles. The molecule has 2 N–H and O–H groups in total. The minimum atomic E-state index is -0.716. The van der Waals surface area contributed by atoms with Crippen LogP contribution in [-0.4, -0.2) is 59.7 Å². The molecule has 4 rings (SSSR count). The highest BCUT2D eigenvalue weighted by Gasteiger charge is 2.54. The number of carbonyl (C=O) groups excluding carboxylic acids is 4. The molecular formula is C24H31N3O5. The molecule has 8 nitrogen and oxygen atoms in total. The zero-order valence-electron chi connectivity index (χ0n) is 18.8. The molecule has 1 aliphatic carbocycles. The van der Waals surface area contributed by atoms with E-state index in [9.17, 15) is 19.2 Å². The first-order valence-electron chi connectivity index (χ1n) is 11.3. The molecule has 1 aromatic carbocycles. The molecule has 0 radical (unpaired) electrons. The van der Waals surface area contributed by atoms with Gasteiger partial charge in [0.15, 0.2) is 5.78 Å². The molecule has 0 unspecified atom stereocenters. The number of rotatable bonds is 5. The second kappa shape index (κ2) is 8.65. The fourth-order valence-corrected chi connectivity index (χ4v) is 5.41. The Kier molecular flexibility index (Phi) is 6.07. The summed E-state index contributed by atoms with van der Waals surface area (Å²) in [5.41, 5.74) is 0.639. The Morgan fingerprint density at radius 2 is 1.81 bits per heavy atom. The summed E-state index contributed by atoms with van der Waals surface area (Å²) in [6.45, 7) is 5.95. The normalized spacial score (nSPS) is 27.2. The molecule has 32 heavy (non-hydrogen) atoms. The topological polar surface area (TPSA) is 105 Å². The molecule has 4 atom stereocenters. The molecule has 1 saturated carbocycles. The molecule has 3 amide bonds. The average Bonchev–Trinajstić information content (AvgIpc) is 3.44. The second-order valence-electron chi connectivity index (χ2n) is 9.68. The van der Waals surface area contributed by atoms with Crippen molar-refractivity contribution in [2.75, 3.05) is 18.5 Å². The van der Waals surface area contributed by atoms with E-state index in [1.165, 1.54) is 6.92 Å².